The third-order valence-electron chi connectivity index (χ3n) is 4.36. The number of H-pyrrole nitrogens is 1. The molecule has 27 heavy (non-hydrogen) atoms. The van der Waals surface area contributed by atoms with Gasteiger partial charge in [0.1, 0.15) is 11.3 Å². The molecule has 2 aromatic carbocycles. The van der Waals surface area contributed by atoms with Gasteiger partial charge in [-0.25, -0.2) is 8.42 Å². The second kappa shape index (κ2) is 7.38. The van der Waals surface area contributed by atoms with Crippen LogP contribution in [0.5, 0.6) is 0 Å². The van der Waals surface area contributed by atoms with E-state index in [1.807, 2.05) is 30.3 Å². The number of nitrogens with zero attached hydrogens (tertiary/aromatic N) is 1. The summed E-state index contributed by atoms with van der Waals surface area (Å²) in [6, 6.07) is 18.3. The van der Waals surface area contributed by atoms with Crippen molar-refractivity contribution in [2.45, 2.75) is 11.4 Å². The fourth-order valence-electron chi connectivity index (χ4n) is 2.94. The first-order chi connectivity index (χ1) is 13.1. The van der Waals surface area contributed by atoms with Crippen molar-refractivity contribution in [2.75, 3.05) is 12.3 Å². The van der Waals surface area contributed by atoms with Crippen LogP contribution >= 0.6 is 0 Å². The highest BCUT2D eigenvalue weighted by molar-refractivity contribution is 7.91. The summed E-state index contributed by atoms with van der Waals surface area (Å²) in [4.78, 5) is 0.345. The van der Waals surface area contributed by atoms with Crippen molar-refractivity contribution in [1.29, 1.82) is 0 Å². The Hall–Kier alpha value is -2.90. The average molecular weight is 381 g/mol. The zero-order chi connectivity index (χ0) is 18.7. The quantitative estimate of drug-likeness (QED) is 0.479. The molecule has 4 rings (SSSR count). The minimum absolute atomic E-state index is 0.0365. The molecule has 0 radical (unpaired) electrons. The molecule has 0 bridgehead atoms. The number of para-hydroxylation sites is 1. The molecule has 2 heterocycles. The fourth-order valence-corrected chi connectivity index (χ4v) is 4.16. The van der Waals surface area contributed by atoms with Gasteiger partial charge in [0.2, 0.25) is 0 Å². The molecule has 6 nitrogen and oxygen atoms in total. The van der Waals surface area contributed by atoms with Crippen LogP contribution < -0.4 is 5.32 Å². The molecular formula is C20H19N3O3S. The Balaban J connectivity index is 1.41. The molecule has 0 atom stereocenters. The highest BCUT2D eigenvalue weighted by Crippen LogP contribution is 2.28. The van der Waals surface area contributed by atoms with E-state index in [-0.39, 0.29) is 5.75 Å². The Morgan fingerprint density at radius 3 is 2.63 bits per heavy atom. The van der Waals surface area contributed by atoms with Crippen LogP contribution in [-0.4, -0.2) is 30.9 Å². The molecule has 0 spiro atoms. The van der Waals surface area contributed by atoms with E-state index in [0.717, 1.165) is 22.2 Å². The Bertz CT molecular complexity index is 1110. The van der Waals surface area contributed by atoms with Crippen molar-refractivity contribution >= 4 is 20.8 Å². The average Bonchev–Trinajstić information content (AvgIpc) is 3.32. The third kappa shape index (κ3) is 3.79. The SMILES string of the molecule is O=S(=O)(CCNCc1cn[nH]c1-c1cc2ccccc2o1)c1ccccc1. The highest BCUT2D eigenvalue weighted by atomic mass is 32.2. The number of rotatable bonds is 7. The number of hydrogen-bond donors (Lipinski definition) is 2. The Labute approximate surface area is 157 Å². The van der Waals surface area contributed by atoms with E-state index in [0.29, 0.717) is 23.7 Å². The Morgan fingerprint density at radius 2 is 1.81 bits per heavy atom. The van der Waals surface area contributed by atoms with Gasteiger partial charge in [0, 0.05) is 24.0 Å². The van der Waals surface area contributed by atoms with E-state index in [1.54, 1.807) is 36.5 Å². The van der Waals surface area contributed by atoms with Crippen LogP contribution in [0.4, 0.5) is 0 Å². The summed E-state index contributed by atoms with van der Waals surface area (Å²) in [6.45, 7) is 0.842. The first-order valence-electron chi connectivity index (χ1n) is 8.63. The van der Waals surface area contributed by atoms with Gasteiger partial charge in [0.15, 0.2) is 15.6 Å². The number of nitrogens with one attached hydrogen (secondary N) is 2. The topological polar surface area (TPSA) is 88.0 Å². The maximum absolute atomic E-state index is 12.3. The van der Waals surface area contributed by atoms with Gasteiger partial charge < -0.3 is 9.73 Å². The van der Waals surface area contributed by atoms with Crippen LogP contribution in [0, 0.1) is 0 Å². The highest BCUT2D eigenvalue weighted by Gasteiger charge is 2.15. The maximum atomic E-state index is 12.3. The van der Waals surface area contributed by atoms with Gasteiger partial charge in [-0.3, -0.25) is 5.10 Å². The summed E-state index contributed by atoms with van der Waals surface area (Å²) >= 11 is 0. The smallest absolute Gasteiger partial charge is 0.179 e. The van der Waals surface area contributed by atoms with Crippen LogP contribution in [-0.2, 0) is 16.4 Å². The summed E-state index contributed by atoms with van der Waals surface area (Å²) in [5.74, 6) is 0.747. The molecule has 0 aliphatic carbocycles. The van der Waals surface area contributed by atoms with Gasteiger partial charge in [0.25, 0.3) is 0 Å². The van der Waals surface area contributed by atoms with Crippen molar-refractivity contribution in [3.63, 3.8) is 0 Å². The molecule has 2 aromatic heterocycles. The molecule has 0 saturated heterocycles. The summed E-state index contributed by atoms with van der Waals surface area (Å²) < 4.78 is 30.5. The summed E-state index contributed by atoms with van der Waals surface area (Å²) in [7, 11) is -3.29. The van der Waals surface area contributed by atoms with Gasteiger partial charge >= 0.3 is 0 Å². The lowest BCUT2D eigenvalue weighted by molar-refractivity contribution is 0.590. The van der Waals surface area contributed by atoms with Crippen LogP contribution in [0.25, 0.3) is 22.4 Å². The van der Waals surface area contributed by atoms with E-state index in [2.05, 4.69) is 15.5 Å². The third-order valence-corrected chi connectivity index (χ3v) is 6.09. The van der Waals surface area contributed by atoms with Crippen LogP contribution in [0.1, 0.15) is 5.56 Å². The van der Waals surface area contributed by atoms with Crippen molar-refractivity contribution in [2.24, 2.45) is 0 Å². The van der Waals surface area contributed by atoms with Crippen molar-refractivity contribution < 1.29 is 12.8 Å². The molecule has 0 unspecified atom stereocenters. The predicted molar refractivity (Wildman–Crippen MR) is 104 cm³/mol. The first kappa shape index (κ1) is 17.5. The Kier molecular flexibility index (Phi) is 4.79. The van der Waals surface area contributed by atoms with Crippen molar-refractivity contribution in [3.05, 3.63) is 72.4 Å². The molecule has 138 valence electrons. The second-order valence-electron chi connectivity index (χ2n) is 6.23. The normalized spacial score (nSPS) is 11.9. The molecule has 0 aliphatic heterocycles. The van der Waals surface area contributed by atoms with E-state index in [9.17, 15) is 8.42 Å². The molecule has 0 saturated carbocycles. The molecular weight excluding hydrogens is 362 g/mol. The molecule has 2 N–H and O–H groups in total. The minimum Gasteiger partial charge on any atom is -0.454 e. The summed E-state index contributed by atoms with van der Waals surface area (Å²) in [5.41, 5.74) is 2.53. The van der Waals surface area contributed by atoms with Crippen molar-refractivity contribution in [3.8, 4) is 11.5 Å². The van der Waals surface area contributed by atoms with E-state index < -0.39 is 9.84 Å². The zero-order valence-electron chi connectivity index (χ0n) is 14.6. The summed E-state index contributed by atoms with van der Waals surface area (Å²) in [5, 5.41) is 11.3. The minimum atomic E-state index is -3.29. The largest absolute Gasteiger partial charge is 0.454 e. The number of sulfone groups is 1. The zero-order valence-corrected chi connectivity index (χ0v) is 15.4. The number of aromatic amines is 1. The molecule has 7 heteroatoms. The lowest BCUT2D eigenvalue weighted by atomic mass is 10.2. The van der Waals surface area contributed by atoms with Gasteiger partial charge in [-0.1, -0.05) is 36.4 Å². The Morgan fingerprint density at radius 1 is 1.04 bits per heavy atom. The van der Waals surface area contributed by atoms with Gasteiger partial charge in [-0.2, -0.15) is 5.10 Å². The number of benzene rings is 2. The molecule has 0 fully saturated rings. The van der Waals surface area contributed by atoms with Crippen LogP contribution in [0.3, 0.4) is 0 Å². The standard InChI is InChI=1S/C20H19N3O3S/c24-27(25,17-7-2-1-3-8-17)11-10-21-13-16-14-22-23-20(16)19-12-15-6-4-5-9-18(15)26-19/h1-9,12,14,21H,10-11,13H2,(H,22,23). The van der Waals surface area contributed by atoms with Gasteiger partial charge in [-0.15, -0.1) is 0 Å². The first-order valence-corrected chi connectivity index (χ1v) is 10.3. The van der Waals surface area contributed by atoms with Crippen LogP contribution in [0.2, 0.25) is 0 Å². The summed E-state index contributed by atoms with van der Waals surface area (Å²) in [6.07, 6.45) is 1.72. The monoisotopic (exact) mass is 381 g/mol. The van der Waals surface area contributed by atoms with Crippen molar-refractivity contribution in [1.82, 2.24) is 15.5 Å². The fraction of sp³-hybridized carbons (Fsp3) is 0.150. The van der Waals surface area contributed by atoms with E-state index >= 15 is 0 Å². The number of fused-ring (bicyclic) bond motifs is 1. The molecule has 4 aromatic rings. The van der Waals surface area contributed by atoms with Gasteiger partial charge in [0.05, 0.1) is 16.8 Å². The molecule has 0 amide bonds. The number of furan rings is 1. The number of hydrogen-bond acceptors (Lipinski definition) is 5. The van der Waals surface area contributed by atoms with E-state index in [1.165, 1.54) is 0 Å². The van der Waals surface area contributed by atoms with Crippen LogP contribution in [0.15, 0.2) is 76.2 Å². The second-order valence-corrected chi connectivity index (χ2v) is 8.34. The molecule has 0 aliphatic rings. The van der Waals surface area contributed by atoms with E-state index in [4.69, 9.17) is 4.42 Å². The lowest BCUT2D eigenvalue weighted by Gasteiger charge is -2.06. The lowest BCUT2D eigenvalue weighted by Crippen LogP contribution is -2.22. The number of aromatic nitrogens is 2. The van der Waals surface area contributed by atoms with Gasteiger partial charge in [-0.05, 0) is 24.3 Å². The predicted octanol–water partition coefficient (Wildman–Crippen LogP) is 3.39. The maximum Gasteiger partial charge on any atom is 0.179 e.